The number of carbonyl (C=O) groups is 2. The Balaban J connectivity index is 1.62. The molecule has 9 heteroatoms. The summed E-state index contributed by atoms with van der Waals surface area (Å²) in [7, 11) is -3.82. The van der Waals surface area contributed by atoms with Crippen LogP contribution in [-0.4, -0.2) is 20.2 Å². The molecule has 0 aliphatic carbocycles. The van der Waals surface area contributed by atoms with Gasteiger partial charge in [0.25, 0.3) is 21.8 Å². The number of amides is 2. The summed E-state index contributed by atoms with van der Waals surface area (Å²) in [6.07, 6.45) is 0. The Morgan fingerprint density at radius 2 is 1.20 bits per heavy atom. The highest BCUT2D eigenvalue weighted by atomic mass is 32.2. The maximum absolute atomic E-state index is 12.9. The van der Waals surface area contributed by atoms with Crippen LogP contribution in [0.3, 0.4) is 0 Å². The van der Waals surface area contributed by atoms with E-state index in [1.54, 1.807) is 24.3 Å². The molecule has 0 saturated heterocycles. The Labute approximate surface area is 173 Å². The monoisotopic (exact) mass is 427 g/mol. The largest absolute Gasteiger partial charge is 0.280 e. The van der Waals surface area contributed by atoms with Crippen LogP contribution in [0.5, 0.6) is 0 Å². The summed E-state index contributed by atoms with van der Waals surface area (Å²) in [5, 5.41) is 0. The van der Waals surface area contributed by atoms with Gasteiger partial charge in [0.1, 0.15) is 5.82 Å². The van der Waals surface area contributed by atoms with Crippen molar-refractivity contribution in [2.45, 2.75) is 11.8 Å². The summed E-state index contributed by atoms with van der Waals surface area (Å²) < 4.78 is 40.3. The molecule has 0 aromatic heterocycles. The molecule has 7 nitrogen and oxygen atoms in total. The van der Waals surface area contributed by atoms with E-state index < -0.39 is 27.7 Å². The average molecular weight is 427 g/mol. The minimum absolute atomic E-state index is 0.0185. The Morgan fingerprint density at radius 3 is 1.70 bits per heavy atom. The van der Waals surface area contributed by atoms with Crippen molar-refractivity contribution in [3.05, 3.63) is 95.3 Å². The van der Waals surface area contributed by atoms with Crippen LogP contribution in [0.15, 0.2) is 77.7 Å². The number of halogens is 1. The van der Waals surface area contributed by atoms with Gasteiger partial charge in [0.15, 0.2) is 0 Å². The summed E-state index contributed by atoms with van der Waals surface area (Å²) in [6, 6.07) is 16.9. The van der Waals surface area contributed by atoms with Crippen LogP contribution in [0.2, 0.25) is 0 Å². The van der Waals surface area contributed by atoms with Gasteiger partial charge < -0.3 is 0 Å². The number of rotatable bonds is 5. The van der Waals surface area contributed by atoms with Crippen molar-refractivity contribution in [2.24, 2.45) is 0 Å². The van der Waals surface area contributed by atoms with Crippen LogP contribution in [0.4, 0.5) is 10.1 Å². The number of carbonyl (C=O) groups excluding carboxylic acids is 2. The SMILES string of the molecule is Cc1ccc(NS(=O)(=O)c2ccc(C(=O)NNC(=O)c3ccc(F)cc3)cc2)cc1. The first-order valence-electron chi connectivity index (χ1n) is 8.80. The predicted octanol–water partition coefficient (Wildman–Crippen LogP) is 3.01. The molecular formula is C21H18FN3O4S. The van der Waals surface area contributed by atoms with Crippen LogP contribution in [-0.2, 0) is 10.0 Å². The highest BCUT2D eigenvalue weighted by Gasteiger charge is 2.16. The number of benzene rings is 3. The minimum atomic E-state index is -3.82. The van der Waals surface area contributed by atoms with Crippen molar-refractivity contribution in [1.29, 1.82) is 0 Å². The highest BCUT2D eigenvalue weighted by Crippen LogP contribution is 2.17. The molecule has 3 rings (SSSR count). The van der Waals surface area contributed by atoms with Gasteiger partial charge in [0.2, 0.25) is 0 Å². The van der Waals surface area contributed by atoms with Crippen molar-refractivity contribution in [2.75, 3.05) is 4.72 Å². The summed E-state index contributed by atoms with van der Waals surface area (Å²) in [5.74, 6) is -1.74. The van der Waals surface area contributed by atoms with E-state index >= 15 is 0 Å². The standard InChI is InChI=1S/C21H18FN3O4S/c1-14-2-10-18(11-3-14)25-30(28,29)19-12-6-16(7-13-19)21(27)24-23-20(26)15-4-8-17(22)9-5-15/h2-13,25H,1H3,(H,23,26)(H,24,27). The molecule has 0 saturated carbocycles. The highest BCUT2D eigenvalue weighted by molar-refractivity contribution is 7.92. The van der Waals surface area contributed by atoms with Crippen LogP contribution in [0, 0.1) is 12.7 Å². The molecule has 2 amide bonds. The van der Waals surface area contributed by atoms with Crippen LogP contribution in [0.25, 0.3) is 0 Å². The number of aryl methyl sites for hydroxylation is 1. The Bertz CT molecular complexity index is 1160. The average Bonchev–Trinajstić information content (AvgIpc) is 2.74. The second-order valence-electron chi connectivity index (χ2n) is 6.41. The third-order valence-electron chi connectivity index (χ3n) is 4.13. The zero-order valence-corrected chi connectivity index (χ0v) is 16.7. The fourth-order valence-electron chi connectivity index (χ4n) is 2.48. The van der Waals surface area contributed by atoms with Crippen molar-refractivity contribution < 1.29 is 22.4 Å². The number of anilines is 1. The predicted molar refractivity (Wildman–Crippen MR) is 110 cm³/mol. The lowest BCUT2D eigenvalue weighted by Crippen LogP contribution is -2.41. The molecule has 0 bridgehead atoms. The minimum Gasteiger partial charge on any atom is -0.280 e. The smallest absolute Gasteiger partial charge is 0.269 e. The maximum atomic E-state index is 12.9. The van der Waals surface area contributed by atoms with Crippen molar-refractivity contribution in [3.63, 3.8) is 0 Å². The molecule has 3 aromatic rings. The quantitative estimate of drug-likeness (QED) is 0.545. The maximum Gasteiger partial charge on any atom is 0.269 e. The molecule has 0 atom stereocenters. The van der Waals surface area contributed by atoms with E-state index in [1.807, 2.05) is 6.92 Å². The first kappa shape index (κ1) is 21.0. The van der Waals surface area contributed by atoms with Gasteiger partial charge in [-0.1, -0.05) is 17.7 Å². The second-order valence-corrected chi connectivity index (χ2v) is 8.09. The molecule has 30 heavy (non-hydrogen) atoms. The van der Waals surface area contributed by atoms with Gasteiger partial charge in [0.05, 0.1) is 4.90 Å². The van der Waals surface area contributed by atoms with Gasteiger partial charge in [0, 0.05) is 16.8 Å². The molecule has 0 radical (unpaired) electrons. The normalized spacial score (nSPS) is 10.9. The second kappa shape index (κ2) is 8.75. The van der Waals surface area contributed by atoms with Crippen LogP contribution < -0.4 is 15.6 Å². The van der Waals surface area contributed by atoms with E-state index in [0.717, 1.165) is 17.7 Å². The number of nitrogens with one attached hydrogen (secondary N) is 3. The van der Waals surface area contributed by atoms with E-state index in [2.05, 4.69) is 15.6 Å². The zero-order valence-electron chi connectivity index (χ0n) is 15.8. The van der Waals surface area contributed by atoms with Gasteiger partial charge in [-0.05, 0) is 67.6 Å². The number of hydrogen-bond donors (Lipinski definition) is 3. The van der Waals surface area contributed by atoms with E-state index in [4.69, 9.17) is 0 Å². The Kier molecular flexibility index (Phi) is 6.12. The fourth-order valence-corrected chi connectivity index (χ4v) is 3.54. The van der Waals surface area contributed by atoms with Crippen molar-refractivity contribution in [1.82, 2.24) is 10.9 Å². The first-order chi connectivity index (χ1) is 14.2. The first-order valence-corrected chi connectivity index (χ1v) is 10.3. The Morgan fingerprint density at radius 1 is 0.733 bits per heavy atom. The summed E-state index contributed by atoms with van der Waals surface area (Å²) in [6.45, 7) is 1.89. The molecule has 0 aliphatic heterocycles. The molecule has 154 valence electrons. The lowest BCUT2D eigenvalue weighted by atomic mass is 10.2. The van der Waals surface area contributed by atoms with E-state index in [-0.39, 0.29) is 16.0 Å². The van der Waals surface area contributed by atoms with Crippen LogP contribution in [0.1, 0.15) is 26.3 Å². The van der Waals surface area contributed by atoms with Gasteiger partial charge in [-0.3, -0.25) is 25.2 Å². The molecule has 3 aromatic carbocycles. The molecule has 0 aliphatic rings. The number of sulfonamides is 1. The molecule has 0 fully saturated rings. The zero-order chi connectivity index (χ0) is 21.7. The topological polar surface area (TPSA) is 104 Å². The van der Waals surface area contributed by atoms with E-state index in [1.165, 1.54) is 36.4 Å². The Hall–Kier alpha value is -3.72. The molecular weight excluding hydrogens is 409 g/mol. The van der Waals surface area contributed by atoms with Gasteiger partial charge >= 0.3 is 0 Å². The lowest BCUT2D eigenvalue weighted by Gasteiger charge is -2.10. The molecule has 3 N–H and O–H groups in total. The van der Waals surface area contributed by atoms with Gasteiger partial charge in [-0.25, -0.2) is 12.8 Å². The van der Waals surface area contributed by atoms with Gasteiger partial charge in [-0.15, -0.1) is 0 Å². The van der Waals surface area contributed by atoms with E-state index in [0.29, 0.717) is 5.69 Å². The molecule has 0 unspecified atom stereocenters. The number of hydrazine groups is 1. The van der Waals surface area contributed by atoms with Crippen molar-refractivity contribution >= 4 is 27.5 Å². The fraction of sp³-hybridized carbons (Fsp3) is 0.0476. The third kappa shape index (κ3) is 5.21. The summed E-state index contributed by atoms with van der Waals surface area (Å²) in [5.41, 5.74) is 6.16. The molecule has 0 spiro atoms. The third-order valence-corrected chi connectivity index (χ3v) is 5.52. The van der Waals surface area contributed by atoms with Crippen molar-refractivity contribution in [3.8, 4) is 0 Å². The number of hydrogen-bond acceptors (Lipinski definition) is 4. The summed E-state index contributed by atoms with van der Waals surface area (Å²) in [4.78, 5) is 24.1. The van der Waals surface area contributed by atoms with Gasteiger partial charge in [-0.2, -0.15) is 0 Å². The van der Waals surface area contributed by atoms with E-state index in [9.17, 15) is 22.4 Å². The van der Waals surface area contributed by atoms with Crippen LogP contribution >= 0.6 is 0 Å². The molecule has 0 heterocycles. The summed E-state index contributed by atoms with van der Waals surface area (Å²) >= 11 is 0. The lowest BCUT2D eigenvalue weighted by molar-refractivity contribution is 0.0846.